The number of ether oxygens (including phenoxy) is 12. The van der Waals surface area contributed by atoms with Crippen LogP contribution in [0.25, 0.3) is 0 Å². The van der Waals surface area contributed by atoms with Crippen molar-refractivity contribution in [1.29, 1.82) is 0 Å². The summed E-state index contributed by atoms with van der Waals surface area (Å²) in [7, 11) is 0. The number of aliphatic hydroxyl groups excluding tert-OH is 4. The second kappa shape index (κ2) is 39.2. The Bertz CT molecular complexity index is 3750. The van der Waals surface area contributed by atoms with Crippen LogP contribution in [0.2, 0.25) is 0 Å². The lowest BCUT2D eigenvalue weighted by atomic mass is 9.83. The quantitative estimate of drug-likeness (QED) is 0.0207. The Kier molecular flexibility index (Phi) is 28.7. The Morgan fingerprint density at radius 2 is 0.740 bits per heavy atom. The summed E-state index contributed by atoms with van der Waals surface area (Å²) in [6.45, 7) is -3.18. The molecule has 4 aliphatic rings. The second-order valence-electron chi connectivity index (χ2n) is 24.3. The lowest BCUT2D eigenvalue weighted by molar-refractivity contribution is -0.282. The van der Waals surface area contributed by atoms with Crippen molar-refractivity contribution < 1.29 is 111 Å². The summed E-state index contributed by atoms with van der Waals surface area (Å²) in [5, 5.41) is 65.5. The zero-order valence-corrected chi connectivity index (χ0v) is 56.2. The van der Waals surface area contributed by atoms with Crippen molar-refractivity contribution >= 4 is 42.5 Å². The average Bonchev–Trinajstić information content (AvgIpc) is 1.33. The molecule has 0 spiro atoms. The molecule has 10 rings (SSSR count). The molecular weight excluding hydrogens is 1350 g/mol. The number of nitrogens with one attached hydrogen (secondary N) is 7. The topological polar surface area (TPSA) is 395 Å². The van der Waals surface area contributed by atoms with Crippen LogP contribution in [0.15, 0.2) is 206 Å². The van der Waals surface area contributed by atoms with Crippen LogP contribution in [0.1, 0.15) is 39.8 Å². The highest BCUT2D eigenvalue weighted by atomic mass is 16.8. The Morgan fingerprint density at radius 1 is 0.385 bits per heavy atom. The van der Waals surface area contributed by atoms with Crippen LogP contribution in [0.5, 0.6) is 0 Å². The van der Waals surface area contributed by atoms with Crippen LogP contribution >= 0.6 is 0 Å². The molecule has 30 heteroatoms. The fourth-order valence-electron chi connectivity index (χ4n) is 11.4. The van der Waals surface area contributed by atoms with Crippen molar-refractivity contribution in [3.05, 3.63) is 240 Å². The molecule has 1 saturated carbocycles. The minimum Gasteiger partial charge on any atom is -0.445 e. The van der Waals surface area contributed by atoms with Gasteiger partial charge in [-0.2, -0.15) is 0 Å². The van der Waals surface area contributed by atoms with E-state index in [1.807, 2.05) is 12.1 Å². The van der Waals surface area contributed by atoms with Crippen molar-refractivity contribution in [2.45, 2.75) is 144 Å². The number of rotatable bonds is 30. The van der Waals surface area contributed by atoms with Gasteiger partial charge >= 0.3 is 36.6 Å². The van der Waals surface area contributed by atoms with Crippen molar-refractivity contribution in [2.24, 2.45) is 0 Å². The highest BCUT2D eigenvalue weighted by Gasteiger charge is 2.55. The standard InChI is InChI=1S/C74H83N7O23/c82-38-58(81-74(92)98-45-51-29-17-6-18-30-51)65(86)77-56-35-57(80-73(91)97-44-50-27-15-5-16-28-50)62(102-66-54(78-71(89)95-42-48-23-11-3-12-24-48)33-31-52(99-66)36-75-69(87)93-40-46-19-7-1-8-20-46)64(60(56)84)104-68-61(85)63(59(39-83)101-68)103-67-55(79-72(90)96-43-49-25-13-4-14-26-49)34-32-53(100-67)37-76-70(88)94-41-47-21-9-2-10-22-47/h1-34,52-64,66-68,82-85H,35-45H2,(H,75,87)(H,76,88)(H,77,86)(H,78,89)(H,79,90)(H,80,91)(H,81,92)/t52-,53+,54+,55+,56+,57-,58-,59+,60-,61+,62+,63+,64+,66+,67+,68-/m0/s1. The highest BCUT2D eigenvalue weighted by Crippen LogP contribution is 2.35. The molecule has 104 heavy (non-hydrogen) atoms. The molecule has 1 aliphatic carbocycles. The number of hydrogen-bond donors (Lipinski definition) is 11. The molecule has 0 unspecified atom stereocenters. The van der Waals surface area contributed by atoms with Crippen LogP contribution in [0.3, 0.4) is 0 Å². The maximum absolute atomic E-state index is 14.4. The van der Waals surface area contributed by atoms with Crippen LogP contribution in [0, 0.1) is 0 Å². The molecule has 30 nitrogen and oxygen atoms in total. The van der Waals surface area contributed by atoms with Gasteiger partial charge in [0.1, 0.15) is 94.4 Å². The van der Waals surface area contributed by atoms with Gasteiger partial charge in [-0.05, 0) is 39.8 Å². The molecule has 3 aliphatic heterocycles. The van der Waals surface area contributed by atoms with E-state index in [0.717, 1.165) is 5.56 Å². The van der Waals surface area contributed by atoms with Crippen LogP contribution in [-0.2, 0) is 101 Å². The molecule has 6 aromatic rings. The molecule has 7 amide bonds. The van der Waals surface area contributed by atoms with Gasteiger partial charge in [0.2, 0.25) is 5.91 Å². The number of benzene rings is 6. The SMILES string of the molecule is O=C(NC[C@H]1C=C[C@@H](NC(=O)OCc2ccccc2)[C@@H](O[C@H]2[C@@H](O)[C@H](O[C@@H]3[C@@H](O)[C@H](NC(=O)[C@H](CO)NC(=O)OCc4ccccc4)C[C@H](NC(=O)OCc4ccccc4)[C@H]3O[C@H]3O[C@H](CNC(=O)OCc4ccccc4)C=C[C@H]3NC(=O)OCc3ccccc3)O[C@@H]2CO)O1)OCc1ccccc1. The number of aliphatic hydroxyl groups is 4. The number of carbonyl (C=O) groups excluding carboxylic acids is 7. The van der Waals surface area contributed by atoms with Gasteiger partial charge in [0.25, 0.3) is 0 Å². The molecule has 0 radical (unpaired) electrons. The third-order valence-electron chi connectivity index (χ3n) is 16.8. The molecular formula is C74H83N7O23. The summed E-state index contributed by atoms with van der Waals surface area (Å²) in [4.78, 5) is 95.3. The third-order valence-corrected chi connectivity index (χ3v) is 16.8. The van der Waals surface area contributed by atoms with Gasteiger partial charge < -0.3 is 114 Å². The van der Waals surface area contributed by atoms with E-state index < -0.39 is 160 Å². The largest absolute Gasteiger partial charge is 0.445 e. The van der Waals surface area contributed by atoms with E-state index in [0.29, 0.717) is 27.8 Å². The van der Waals surface area contributed by atoms with Gasteiger partial charge in [-0.25, -0.2) is 28.8 Å². The molecule has 0 aromatic heterocycles. The first kappa shape index (κ1) is 76.1. The molecule has 3 heterocycles. The molecule has 2 fully saturated rings. The van der Waals surface area contributed by atoms with Gasteiger partial charge in [-0.15, -0.1) is 0 Å². The number of alkyl carbamates (subject to hydrolysis) is 6. The zero-order valence-electron chi connectivity index (χ0n) is 56.2. The second-order valence-corrected chi connectivity index (χ2v) is 24.3. The van der Waals surface area contributed by atoms with Crippen LogP contribution < -0.4 is 37.2 Å². The van der Waals surface area contributed by atoms with E-state index in [2.05, 4.69) is 37.2 Å². The lowest BCUT2D eigenvalue weighted by Gasteiger charge is -2.47. The smallest absolute Gasteiger partial charge is 0.408 e. The van der Waals surface area contributed by atoms with E-state index in [-0.39, 0.29) is 52.7 Å². The van der Waals surface area contributed by atoms with Gasteiger partial charge in [0.05, 0.1) is 50.6 Å². The Morgan fingerprint density at radius 3 is 1.12 bits per heavy atom. The zero-order chi connectivity index (χ0) is 73.0. The van der Waals surface area contributed by atoms with E-state index in [1.165, 1.54) is 24.3 Å². The Labute approximate surface area is 598 Å². The maximum atomic E-state index is 14.4. The first-order chi connectivity index (χ1) is 50.6. The van der Waals surface area contributed by atoms with Crippen molar-refractivity contribution in [2.75, 3.05) is 26.3 Å². The minimum atomic E-state index is -2.01. The molecule has 552 valence electrons. The van der Waals surface area contributed by atoms with Gasteiger partial charge in [-0.3, -0.25) is 4.79 Å². The Hall–Kier alpha value is -10.5. The lowest BCUT2D eigenvalue weighted by Crippen LogP contribution is -2.68. The molecule has 16 atom stereocenters. The van der Waals surface area contributed by atoms with Crippen LogP contribution in [-0.4, -0.2) is 187 Å². The molecule has 1 saturated heterocycles. The number of carbonyl (C=O) groups is 7. The summed E-state index contributed by atoms with van der Waals surface area (Å²) in [5.74, 6) is -1.06. The summed E-state index contributed by atoms with van der Waals surface area (Å²) in [6.07, 6.45) is -18.1. The van der Waals surface area contributed by atoms with Gasteiger partial charge in [-0.1, -0.05) is 206 Å². The minimum absolute atomic E-state index is 0.0422. The van der Waals surface area contributed by atoms with E-state index in [9.17, 15) is 54.0 Å². The summed E-state index contributed by atoms with van der Waals surface area (Å²) < 4.78 is 72.1. The summed E-state index contributed by atoms with van der Waals surface area (Å²) in [5.41, 5.74) is 3.95. The fourth-order valence-corrected chi connectivity index (χ4v) is 11.4. The monoisotopic (exact) mass is 1440 g/mol. The number of amides is 7. The predicted octanol–water partition coefficient (Wildman–Crippen LogP) is 5.06. The predicted molar refractivity (Wildman–Crippen MR) is 365 cm³/mol. The van der Waals surface area contributed by atoms with E-state index in [1.54, 1.807) is 170 Å². The van der Waals surface area contributed by atoms with E-state index >= 15 is 0 Å². The van der Waals surface area contributed by atoms with Gasteiger partial charge in [0, 0.05) is 0 Å². The molecule has 6 aromatic carbocycles. The van der Waals surface area contributed by atoms with Crippen molar-refractivity contribution in [3.8, 4) is 0 Å². The molecule has 11 N–H and O–H groups in total. The maximum Gasteiger partial charge on any atom is 0.408 e. The van der Waals surface area contributed by atoms with E-state index in [4.69, 9.17) is 56.8 Å². The molecule has 0 bridgehead atoms. The van der Waals surface area contributed by atoms with Gasteiger partial charge in [0.15, 0.2) is 18.9 Å². The normalized spacial score (nSPS) is 24.9. The average molecular weight is 1440 g/mol. The van der Waals surface area contributed by atoms with Crippen molar-refractivity contribution in [3.63, 3.8) is 0 Å². The highest BCUT2D eigenvalue weighted by molar-refractivity contribution is 5.86. The third kappa shape index (κ3) is 23.3. The Balaban J connectivity index is 0.944. The number of hydrogen-bond acceptors (Lipinski definition) is 23. The first-order valence-electron chi connectivity index (χ1n) is 33.6. The first-order valence-corrected chi connectivity index (χ1v) is 33.6. The van der Waals surface area contributed by atoms with Crippen molar-refractivity contribution in [1.82, 2.24) is 37.2 Å². The summed E-state index contributed by atoms with van der Waals surface area (Å²) in [6, 6.07) is 45.5. The fraction of sp³-hybridized carbons (Fsp3) is 0.365. The van der Waals surface area contributed by atoms with Crippen LogP contribution in [0.4, 0.5) is 28.8 Å². The summed E-state index contributed by atoms with van der Waals surface area (Å²) >= 11 is 0.